The van der Waals surface area contributed by atoms with Gasteiger partial charge in [-0.3, -0.25) is 4.40 Å². The molecule has 6 heteroatoms. The van der Waals surface area contributed by atoms with E-state index in [4.69, 9.17) is 11.6 Å². The lowest BCUT2D eigenvalue weighted by molar-refractivity contribution is 0.966. The quantitative estimate of drug-likeness (QED) is 0.700. The van der Waals surface area contributed by atoms with Gasteiger partial charge in [-0.2, -0.15) is 0 Å². The van der Waals surface area contributed by atoms with Crippen LogP contribution in [0.15, 0.2) is 28.1 Å². The van der Waals surface area contributed by atoms with Crippen LogP contribution in [0.3, 0.4) is 0 Å². The molecule has 2 aromatic heterocycles. The molecule has 0 radical (unpaired) electrons. The lowest BCUT2D eigenvalue weighted by atomic mass is 10.3. The van der Waals surface area contributed by atoms with Crippen LogP contribution in [0.25, 0.3) is 4.96 Å². The molecule has 104 valence electrons. The van der Waals surface area contributed by atoms with Crippen molar-refractivity contribution in [3.8, 4) is 0 Å². The Morgan fingerprint density at radius 3 is 3.00 bits per heavy atom. The molecule has 0 bridgehead atoms. The van der Waals surface area contributed by atoms with Crippen molar-refractivity contribution in [2.75, 3.05) is 5.32 Å². The summed E-state index contributed by atoms with van der Waals surface area (Å²) in [5.41, 5.74) is 4.36. The number of hydrogen-bond acceptors (Lipinski definition) is 3. The van der Waals surface area contributed by atoms with E-state index >= 15 is 0 Å². The molecule has 1 N–H and O–H groups in total. The van der Waals surface area contributed by atoms with E-state index in [1.807, 2.05) is 25.1 Å². The molecule has 0 saturated heterocycles. The van der Waals surface area contributed by atoms with Crippen molar-refractivity contribution < 1.29 is 0 Å². The SMILES string of the molecule is Cc1nc2scc(C)n2c1CNc1cc(Br)ccc1Cl. The number of thiazole rings is 1. The van der Waals surface area contributed by atoms with Crippen LogP contribution in [0.2, 0.25) is 5.02 Å². The summed E-state index contributed by atoms with van der Waals surface area (Å²) >= 11 is 11.3. The van der Waals surface area contributed by atoms with E-state index < -0.39 is 0 Å². The Morgan fingerprint density at radius 2 is 2.20 bits per heavy atom. The van der Waals surface area contributed by atoms with Gasteiger partial charge in [0.1, 0.15) is 0 Å². The third kappa shape index (κ3) is 2.45. The van der Waals surface area contributed by atoms with Crippen LogP contribution >= 0.6 is 38.9 Å². The van der Waals surface area contributed by atoms with Crippen molar-refractivity contribution in [2.24, 2.45) is 0 Å². The zero-order valence-corrected chi connectivity index (χ0v) is 14.2. The molecule has 0 saturated carbocycles. The van der Waals surface area contributed by atoms with Crippen LogP contribution in [0.4, 0.5) is 5.69 Å². The van der Waals surface area contributed by atoms with Gasteiger partial charge in [0, 0.05) is 15.5 Å². The average molecular weight is 371 g/mol. The van der Waals surface area contributed by atoms with Crippen LogP contribution in [0.1, 0.15) is 17.1 Å². The van der Waals surface area contributed by atoms with E-state index in [1.165, 1.54) is 11.4 Å². The molecular weight excluding hydrogens is 358 g/mol. The monoisotopic (exact) mass is 369 g/mol. The number of aromatic nitrogens is 2. The van der Waals surface area contributed by atoms with E-state index in [9.17, 15) is 0 Å². The lowest BCUT2D eigenvalue weighted by Gasteiger charge is -2.09. The lowest BCUT2D eigenvalue weighted by Crippen LogP contribution is -2.05. The van der Waals surface area contributed by atoms with Gasteiger partial charge in [-0.15, -0.1) is 11.3 Å². The molecule has 0 fully saturated rings. The van der Waals surface area contributed by atoms with Gasteiger partial charge in [0.05, 0.1) is 28.6 Å². The van der Waals surface area contributed by atoms with Crippen molar-refractivity contribution >= 4 is 49.5 Å². The normalized spacial score (nSPS) is 11.2. The molecule has 3 nitrogen and oxygen atoms in total. The van der Waals surface area contributed by atoms with Gasteiger partial charge in [-0.05, 0) is 32.0 Å². The number of imidazole rings is 1. The van der Waals surface area contributed by atoms with E-state index in [0.29, 0.717) is 11.6 Å². The first kappa shape index (κ1) is 13.9. The summed E-state index contributed by atoms with van der Waals surface area (Å²) in [6, 6.07) is 5.79. The molecule has 2 heterocycles. The van der Waals surface area contributed by atoms with Crippen LogP contribution < -0.4 is 5.32 Å². The second-order valence-corrected chi connectivity index (χ2v) is 6.78. The first-order valence-electron chi connectivity index (χ1n) is 6.17. The molecule has 0 amide bonds. The van der Waals surface area contributed by atoms with Crippen LogP contribution in [0.5, 0.6) is 0 Å². The maximum atomic E-state index is 6.20. The van der Waals surface area contributed by atoms with E-state index in [1.54, 1.807) is 11.3 Å². The first-order chi connectivity index (χ1) is 9.56. The van der Waals surface area contributed by atoms with Gasteiger partial charge < -0.3 is 5.32 Å². The molecule has 0 aliphatic heterocycles. The van der Waals surface area contributed by atoms with Crippen molar-refractivity contribution in [2.45, 2.75) is 20.4 Å². The van der Waals surface area contributed by atoms with E-state index in [-0.39, 0.29) is 0 Å². The summed E-state index contributed by atoms with van der Waals surface area (Å²) in [5.74, 6) is 0. The first-order valence-corrected chi connectivity index (χ1v) is 8.22. The van der Waals surface area contributed by atoms with Gasteiger partial charge in [-0.1, -0.05) is 27.5 Å². The molecule has 0 aliphatic rings. The smallest absolute Gasteiger partial charge is 0.194 e. The van der Waals surface area contributed by atoms with E-state index in [2.05, 4.69) is 42.9 Å². The third-order valence-corrected chi connectivity index (χ3v) is 4.97. The van der Waals surface area contributed by atoms with Gasteiger partial charge in [-0.25, -0.2) is 4.98 Å². The summed E-state index contributed by atoms with van der Waals surface area (Å²) in [7, 11) is 0. The summed E-state index contributed by atoms with van der Waals surface area (Å²) in [6.45, 7) is 4.83. The number of nitrogens with one attached hydrogen (secondary N) is 1. The molecule has 3 rings (SSSR count). The van der Waals surface area contributed by atoms with Gasteiger partial charge in [0.2, 0.25) is 0 Å². The zero-order chi connectivity index (χ0) is 14.3. The number of halogens is 2. The van der Waals surface area contributed by atoms with Crippen molar-refractivity contribution in [3.05, 3.63) is 50.2 Å². The summed E-state index contributed by atoms with van der Waals surface area (Å²) in [4.78, 5) is 5.62. The second-order valence-electron chi connectivity index (χ2n) is 4.62. The Labute approximate surface area is 134 Å². The molecule has 0 spiro atoms. The number of nitrogens with zero attached hydrogens (tertiary/aromatic N) is 2. The van der Waals surface area contributed by atoms with Crippen molar-refractivity contribution in [1.82, 2.24) is 9.38 Å². The predicted octanol–water partition coefficient (Wildman–Crippen LogP) is 5.04. The molecule has 0 aliphatic carbocycles. The minimum Gasteiger partial charge on any atom is -0.378 e. The number of aryl methyl sites for hydroxylation is 2. The third-order valence-electron chi connectivity index (χ3n) is 3.20. The highest BCUT2D eigenvalue weighted by Crippen LogP contribution is 2.27. The largest absolute Gasteiger partial charge is 0.378 e. The highest BCUT2D eigenvalue weighted by atomic mass is 79.9. The fraction of sp³-hybridized carbons (Fsp3) is 0.214. The van der Waals surface area contributed by atoms with Gasteiger partial charge >= 0.3 is 0 Å². The summed E-state index contributed by atoms with van der Waals surface area (Å²) in [6.07, 6.45) is 0. The molecule has 1 aromatic carbocycles. The second kappa shape index (κ2) is 5.39. The van der Waals surface area contributed by atoms with Gasteiger partial charge in [0.25, 0.3) is 0 Å². The number of benzene rings is 1. The molecule has 0 unspecified atom stereocenters. The average Bonchev–Trinajstić information content (AvgIpc) is 2.91. The van der Waals surface area contributed by atoms with Crippen molar-refractivity contribution in [3.63, 3.8) is 0 Å². The van der Waals surface area contributed by atoms with Crippen LogP contribution in [0, 0.1) is 13.8 Å². The Bertz CT molecular complexity index is 778. The molecule has 0 atom stereocenters. The fourth-order valence-electron chi connectivity index (χ4n) is 2.19. The minimum atomic E-state index is 0.695. The van der Waals surface area contributed by atoms with Gasteiger partial charge in [0.15, 0.2) is 4.96 Å². The maximum Gasteiger partial charge on any atom is 0.194 e. The minimum absolute atomic E-state index is 0.695. The summed E-state index contributed by atoms with van der Waals surface area (Å²) in [5, 5.41) is 6.23. The Morgan fingerprint density at radius 1 is 1.40 bits per heavy atom. The zero-order valence-electron chi connectivity index (χ0n) is 11.1. The number of fused-ring (bicyclic) bond motifs is 1. The summed E-state index contributed by atoms with van der Waals surface area (Å²) < 4.78 is 3.20. The van der Waals surface area contributed by atoms with E-state index in [0.717, 1.165) is 20.8 Å². The van der Waals surface area contributed by atoms with Crippen LogP contribution in [-0.4, -0.2) is 9.38 Å². The number of anilines is 1. The standard InChI is InChI=1S/C14H13BrClN3S/c1-8-7-20-14-18-9(2)13(19(8)14)6-17-12-5-10(15)3-4-11(12)16/h3-5,7,17H,6H2,1-2H3. The van der Waals surface area contributed by atoms with Crippen LogP contribution in [-0.2, 0) is 6.54 Å². The Balaban J connectivity index is 1.92. The maximum absolute atomic E-state index is 6.20. The molecule has 20 heavy (non-hydrogen) atoms. The topological polar surface area (TPSA) is 29.3 Å². The van der Waals surface area contributed by atoms with Crippen molar-refractivity contribution in [1.29, 1.82) is 0 Å². The molecule has 3 aromatic rings. The highest BCUT2D eigenvalue weighted by molar-refractivity contribution is 9.10. The number of hydrogen-bond donors (Lipinski definition) is 1. The fourth-order valence-corrected chi connectivity index (χ4v) is 3.66. The highest BCUT2D eigenvalue weighted by Gasteiger charge is 2.12. The molecular formula is C14H13BrClN3S. The number of rotatable bonds is 3. The Kier molecular flexibility index (Phi) is 3.75. The Hall–Kier alpha value is -1.04. The predicted molar refractivity (Wildman–Crippen MR) is 89.0 cm³/mol.